The summed E-state index contributed by atoms with van der Waals surface area (Å²) in [4.78, 5) is 13.4. The fraction of sp³-hybridized carbons (Fsp3) is 0.649. The highest BCUT2D eigenvalue weighted by atomic mass is 28.4. The molecule has 1 rings (SSSR count). The molecule has 6 atom stereocenters. The number of unbranched alkanes of at least 4 members (excludes halogenated alkanes) is 1. The van der Waals surface area contributed by atoms with Crippen molar-refractivity contribution in [1.29, 1.82) is 0 Å². The molecule has 2 unspecified atom stereocenters. The van der Waals surface area contributed by atoms with Crippen molar-refractivity contribution in [2.75, 3.05) is 20.8 Å². The maximum Gasteiger partial charge on any atom is 0.244 e. The minimum Gasteiger partial charge on any atom is -0.412 e. The fourth-order valence-electron chi connectivity index (χ4n) is 5.37. The summed E-state index contributed by atoms with van der Waals surface area (Å²) in [6.45, 7) is 24.6. The number of hydrogen-bond donors (Lipinski definition) is 2. The fourth-order valence-corrected chi connectivity index (χ4v) is 8.80. The van der Waals surface area contributed by atoms with Gasteiger partial charge in [-0.15, -0.1) is 0 Å². The first-order chi connectivity index (χ1) is 20.9. The number of ether oxygens (including phenoxy) is 2. The third-order valence-electron chi connectivity index (χ3n) is 9.15. The van der Waals surface area contributed by atoms with Gasteiger partial charge in [0.1, 0.15) is 0 Å². The highest BCUT2D eigenvalue weighted by Crippen LogP contribution is 2.39. The molecular formula is C37H65NO5Si2. The van der Waals surface area contributed by atoms with Crippen LogP contribution in [0.15, 0.2) is 60.2 Å². The van der Waals surface area contributed by atoms with Crippen LogP contribution in [0.5, 0.6) is 0 Å². The van der Waals surface area contributed by atoms with Gasteiger partial charge in [0, 0.05) is 44.4 Å². The monoisotopic (exact) mass is 659 g/mol. The molecular weight excluding hydrogens is 595 g/mol. The topological polar surface area (TPSA) is 77.0 Å². The molecule has 0 aliphatic carbocycles. The average molecular weight is 660 g/mol. The Labute approximate surface area is 277 Å². The Balaban J connectivity index is 3.09. The molecule has 256 valence electrons. The number of aliphatic hydroxyl groups excluding tert-OH is 1. The van der Waals surface area contributed by atoms with Gasteiger partial charge in [0.25, 0.3) is 0 Å². The van der Waals surface area contributed by atoms with Gasteiger partial charge in [-0.3, -0.25) is 4.79 Å². The Morgan fingerprint density at radius 3 is 2.11 bits per heavy atom. The summed E-state index contributed by atoms with van der Waals surface area (Å²) in [6.07, 6.45) is 12.2. The summed E-state index contributed by atoms with van der Waals surface area (Å²) in [5.74, 6) is 0.113. The van der Waals surface area contributed by atoms with Crippen LogP contribution in [-0.4, -0.2) is 72.2 Å². The molecule has 1 amide bonds. The van der Waals surface area contributed by atoms with E-state index in [0.717, 1.165) is 30.4 Å². The summed E-state index contributed by atoms with van der Waals surface area (Å²) in [5.41, 5.74) is 1.97. The molecule has 6 nitrogen and oxygen atoms in total. The first kappa shape index (κ1) is 41.2. The Hall–Kier alpha value is -1.82. The maximum atomic E-state index is 13.4. The Kier molecular flexibility index (Phi) is 17.5. The molecule has 0 radical (unpaired) electrons. The molecule has 2 N–H and O–H groups in total. The summed E-state index contributed by atoms with van der Waals surface area (Å²) < 4.78 is 18.8. The minimum atomic E-state index is -2.08. The lowest BCUT2D eigenvalue weighted by molar-refractivity contribution is -0.117. The largest absolute Gasteiger partial charge is 0.412 e. The van der Waals surface area contributed by atoms with Crippen LogP contribution >= 0.6 is 0 Å². The van der Waals surface area contributed by atoms with Crippen molar-refractivity contribution in [2.24, 2.45) is 11.8 Å². The summed E-state index contributed by atoms with van der Waals surface area (Å²) in [7, 11) is -0.474. The molecule has 0 fully saturated rings. The van der Waals surface area contributed by atoms with E-state index >= 15 is 0 Å². The van der Waals surface area contributed by atoms with Crippen molar-refractivity contribution in [3.05, 3.63) is 65.8 Å². The second kappa shape index (κ2) is 19.1. The number of methoxy groups -OCH3 is 2. The second-order valence-corrected chi connectivity index (χ2v) is 25.2. The first-order valence-electron chi connectivity index (χ1n) is 16.6. The normalized spacial score (nSPS) is 17.7. The zero-order valence-electron chi connectivity index (χ0n) is 30.6. The molecule has 0 heterocycles. The standard InChI is InChI=1S/C37H65NO5Si2/c1-28(22-23-29(2)35(42-8)30(3)32(41-7)25-24-31-19-15-14-16-20-31)27-34(40)38-36(44(9,10)11)33(21-17-18-26-39)43-45(12,13)37(4,5)6/h14-16,19-20,22-25,27,29-30,32-33,35-36,39H,17-18,21,26H2,1-13H3,(H,38,40)/b23-22+,25-24+,28-27+/t29-,30+,32-,33?,35-,36?/m0/s1. The Morgan fingerprint density at radius 2 is 1.60 bits per heavy atom. The van der Waals surface area contributed by atoms with E-state index in [1.807, 2.05) is 31.2 Å². The lowest BCUT2D eigenvalue weighted by Gasteiger charge is -2.44. The van der Waals surface area contributed by atoms with Crippen molar-refractivity contribution in [3.8, 4) is 0 Å². The van der Waals surface area contributed by atoms with Crippen LogP contribution in [0.2, 0.25) is 37.8 Å². The summed E-state index contributed by atoms with van der Waals surface area (Å²) in [6, 6.07) is 10.2. The molecule has 0 saturated heterocycles. The van der Waals surface area contributed by atoms with E-state index in [4.69, 9.17) is 13.9 Å². The molecule has 0 aliphatic rings. The van der Waals surface area contributed by atoms with Gasteiger partial charge in [0.2, 0.25) is 5.91 Å². The molecule has 0 aliphatic heterocycles. The number of hydrogen-bond acceptors (Lipinski definition) is 5. The SMILES string of the molecule is CO[C@H]([C@H](C)[C@H](/C=C/c1ccccc1)OC)[C@@H](C)/C=C/C(C)=C/C(=O)NC(C(CCCCO)O[Si](C)(C)C(C)(C)C)[Si](C)(C)C. The second-order valence-electron chi connectivity index (χ2n) is 15.1. The van der Waals surface area contributed by atoms with Crippen molar-refractivity contribution in [1.82, 2.24) is 5.32 Å². The number of carbonyl (C=O) groups excluding carboxylic acids is 1. The van der Waals surface area contributed by atoms with Crippen LogP contribution in [-0.2, 0) is 18.7 Å². The minimum absolute atomic E-state index is 0.0431. The molecule has 45 heavy (non-hydrogen) atoms. The predicted octanol–water partition coefficient (Wildman–Crippen LogP) is 8.42. The van der Waals surface area contributed by atoms with Crippen LogP contribution in [0.3, 0.4) is 0 Å². The van der Waals surface area contributed by atoms with E-state index in [1.165, 1.54) is 0 Å². The molecule has 0 aromatic heterocycles. The highest BCUT2D eigenvalue weighted by Gasteiger charge is 2.43. The van der Waals surface area contributed by atoms with E-state index in [0.29, 0.717) is 0 Å². The van der Waals surface area contributed by atoms with Crippen LogP contribution in [0.25, 0.3) is 6.08 Å². The lowest BCUT2D eigenvalue weighted by atomic mass is 9.88. The number of aliphatic hydroxyl groups is 1. The van der Waals surface area contributed by atoms with Gasteiger partial charge in [-0.1, -0.05) is 109 Å². The van der Waals surface area contributed by atoms with Crippen LogP contribution < -0.4 is 5.32 Å². The number of benzene rings is 1. The molecule has 1 aromatic rings. The first-order valence-corrected chi connectivity index (χ1v) is 23.1. The van der Waals surface area contributed by atoms with Crippen molar-refractivity contribution in [3.63, 3.8) is 0 Å². The smallest absolute Gasteiger partial charge is 0.244 e. The third kappa shape index (κ3) is 14.2. The Morgan fingerprint density at radius 1 is 0.978 bits per heavy atom. The van der Waals surface area contributed by atoms with Crippen LogP contribution in [0.1, 0.15) is 66.4 Å². The number of rotatable bonds is 19. The van der Waals surface area contributed by atoms with E-state index in [-0.39, 0.29) is 53.4 Å². The number of amides is 1. The number of carbonyl (C=O) groups is 1. The van der Waals surface area contributed by atoms with Crippen LogP contribution in [0, 0.1) is 11.8 Å². The van der Waals surface area contributed by atoms with Gasteiger partial charge < -0.3 is 24.3 Å². The van der Waals surface area contributed by atoms with Gasteiger partial charge in [-0.2, -0.15) is 0 Å². The van der Waals surface area contributed by atoms with Crippen LogP contribution in [0.4, 0.5) is 0 Å². The summed E-state index contributed by atoms with van der Waals surface area (Å²) in [5, 5.41) is 12.9. The van der Waals surface area contributed by atoms with E-state index < -0.39 is 16.4 Å². The maximum absolute atomic E-state index is 13.4. The molecule has 8 heteroatoms. The zero-order chi connectivity index (χ0) is 34.4. The van der Waals surface area contributed by atoms with Gasteiger partial charge in [-0.25, -0.2) is 0 Å². The van der Waals surface area contributed by atoms with E-state index in [1.54, 1.807) is 20.3 Å². The molecule has 0 saturated carbocycles. The quantitative estimate of drug-likeness (QED) is 0.0675. The third-order valence-corrected chi connectivity index (χ3v) is 16.0. The van der Waals surface area contributed by atoms with Gasteiger partial charge in [0.05, 0.1) is 26.4 Å². The highest BCUT2D eigenvalue weighted by molar-refractivity contribution is 6.78. The van der Waals surface area contributed by atoms with Gasteiger partial charge >= 0.3 is 0 Å². The van der Waals surface area contributed by atoms with E-state index in [2.05, 4.69) is 103 Å². The predicted molar refractivity (Wildman–Crippen MR) is 197 cm³/mol. The van der Waals surface area contributed by atoms with E-state index in [9.17, 15) is 9.90 Å². The zero-order valence-corrected chi connectivity index (χ0v) is 32.6. The van der Waals surface area contributed by atoms with Crippen molar-refractivity contribution in [2.45, 2.75) is 123 Å². The van der Waals surface area contributed by atoms with Crippen molar-refractivity contribution >= 4 is 28.4 Å². The average Bonchev–Trinajstić information content (AvgIpc) is 2.94. The number of allylic oxidation sites excluding steroid dienone is 2. The molecule has 1 aromatic carbocycles. The summed E-state index contributed by atoms with van der Waals surface area (Å²) >= 11 is 0. The molecule has 0 spiro atoms. The van der Waals surface area contributed by atoms with Crippen molar-refractivity contribution < 1.29 is 23.8 Å². The van der Waals surface area contributed by atoms with Gasteiger partial charge in [0.15, 0.2) is 8.32 Å². The van der Waals surface area contributed by atoms with Gasteiger partial charge in [-0.05, 0) is 55.5 Å². The number of nitrogens with one attached hydrogen (secondary N) is 1. The molecule has 0 bridgehead atoms. The lowest BCUT2D eigenvalue weighted by Crippen LogP contribution is -2.60. The Bertz CT molecular complexity index is 1090.